The number of carboxylic acid groups (broad SMARTS) is 1. The molecule has 2 unspecified atom stereocenters. The predicted molar refractivity (Wildman–Crippen MR) is 66.4 cm³/mol. The smallest absolute Gasteiger partial charge is 0.335 e. The van der Waals surface area contributed by atoms with Crippen molar-refractivity contribution < 1.29 is 14.7 Å². The van der Waals surface area contributed by atoms with Crippen molar-refractivity contribution in [2.75, 3.05) is 5.32 Å². The third-order valence-electron chi connectivity index (χ3n) is 3.99. The van der Waals surface area contributed by atoms with E-state index >= 15 is 0 Å². The fraction of sp³-hybridized carbons (Fsp3) is 0.429. The summed E-state index contributed by atoms with van der Waals surface area (Å²) in [6, 6.07) is 6.38. The number of hydrogen-bond acceptors (Lipinski definition) is 2. The lowest BCUT2D eigenvalue weighted by Gasteiger charge is -2.12. The standard InChI is InChI=1S/C14H15NO3/c16-13(11-5-9-4-10(9)6-11)15-12-3-1-2-8(7-12)14(17)18/h1-3,7,9-11H,4-6H2,(H,15,16)(H,17,18). The monoisotopic (exact) mass is 245 g/mol. The van der Waals surface area contributed by atoms with Gasteiger partial charge in [-0.1, -0.05) is 6.07 Å². The number of hydrogen-bond donors (Lipinski definition) is 2. The molecule has 0 radical (unpaired) electrons. The third-order valence-corrected chi connectivity index (χ3v) is 3.99. The maximum Gasteiger partial charge on any atom is 0.335 e. The van der Waals surface area contributed by atoms with Gasteiger partial charge in [-0.25, -0.2) is 4.79 Å². The van der Waals surface area contributed by atoms with Crippen molar-refractivity contribution in [3.63, 3.8) is 0 Å². The van der Waals surface area contributed by atoms with Crippen LogP contribution in [0, 0.1) is 17.8 Å². The Morgan fingerprint density at radius 1 is 1.17 bits per heavy atom. The first-order valence-electron chi connectivity index (χ1n) is 6.27. The summed E-state index contributed by atoms with van der Waals surface area (Å²) in [6.07, 6.45) is 3.28. The summed E-state index contributed by atoms with van der Waals surface area (Å²) in [6.45, 7) is 0. The van der Waals surface area contributed by atoms with Crippen LogP contribution in [0.5, 0.6) is 0 Å². The van der Waals surface area contributed by atoms with E-state index in [9.17, 15) is 9.59 Å². The number of amides is 1. The molecule has 0 spiro atoms. The van der Waals surface area contributed by atoms with Crippen molar-refractivity contribution in [3.8, 4) is 0 Å². The molecule has 2 atom stereocenters. The van der Waals surface area contributed by atoms with Gasteiger partial charge in [-0.15, -0.1) is 0 Å². The summed E-state index contributed by atoms with van der Waals surface area (Å²) in [5.74, 6) is 0.706. The van der Waals surface area contributed by atoms with Crippen molar-refractivity contribution in [2.45, 2.75) is 19.3 Å². The zero-order chi connectivity index (χ0) is 12.7. The average Bonchev–Trinajstić information content (AvgIpc) is 2.96. The van der Waals surface area contributed by atoms with Gasteiger partial charge in [-0.05, 0) is 49.3 Å². The Bertz CT molecular complexity index is 502. The highest BCUT2D eigenvalue weighted by molar-refractivity contribution is 5.95. The van der Waals surface area contributed by atoms with E-state index in [0.717, 1.165) is 24.7 Å². The van der Waals surface area contributed by atoms with E-state index < -0.39 is 5.97 Å². The van der Waals surface area contributed by atoms with Crippen LogP contribution in [0.25, 0.3) is 0 Å². The fourth-order valence-electron chi connectivity index (χ4n) is 2.90. The number of carbonyl (C=O) groups is 2. The van der Waals surface area contributed by atoms with Gasteiger partial charge in [0.25, 0.3) is 0 Å². The highest BCUT2D eigenvalue weighted by atomic mass is 16.4. The number of carbonyl (C=O) groups excluding carboxylic acids is 1. The van der Waals surface area contributed by atoms with E-state index in [0.29, 0.717) is 5.69 Å². The van der Waals surface area contributed by atoms with Crippen molar-refractivity contribution in [1.82, 2.24) is 0 Å². The normalized spacial score (nSPS) is 28.6. The van der Waals surface area contributed by atoms with Gasteiger partial charge >= 0.3 is 5.97 Å². The van der Waals surface area contributed by atoms with Crippen LogP contribution in [0.15, 0.2) is 24.3 Å². The first-order valence-corrected chi connectivity index (χ1v) is 6.27. The van der Waals surface area contributed by atoms with Crippen molar-refractivity contribution >= 4 is 17.6 Å². The average molecular weight is 245 g/mol. The highest BCUT2D eigenvalue weighted by Crippen LogP contribution is 2.54. The minimum Gasteiger partial charge on any atom is -0.478 e. The van der Waals surface area contributed by atoms with Crippen LogP contribution in [-0.4, -0.2) is 17.0 Å². The van der Waals surface area contributed by atoms with Gasteiger partial charge in [0.1, 0.15) is 0 Å². The molecule has 18 heavy (non-hydrogen) atoms. The van der Waals surface area contributed by atoms with Gasteiger partial charge in [-0.2, -0.15) is 0 Å². The Kier molecular flexibility index (Phi) is 2.58. The molecule has 2 N–H and O–H groups in total. The largest absolute Gasteiger partial charge is 0.478 e. The molecule has 2 fully saturated rings. The molecule has 4 heteroatoms. The molecule has 2 aliphatic carbocycles. The quantitative estimate of drug-likeness (QED) is 0.859. The van der Waals surface area contributed by atoms with Crippen molar-refractivity contribution in [3.05, 3.63) is 29.8 Å². The molecule has 0 aliphatic heterocycles. The van der Waals surface area contributed by atoms with Gasteiger partial charge < -0.3 is 10.4 Å². The van der Waals surface area contributed by atoms with Crippen LogP contribution >= 0.6 is 0 Å². The zero-order valence-electron chi connectivity index (χ0n) is 9.93. The van der Waals surface area contributed by atoms with E-state index in [2.05, 4.69) is 5.32 Å². The van der Waals surface area contributed by atoms with Gasteiger partial charge in [0.05, 0.1) is 5.56 Å². The molecule has 0 aromatic heterocycles. The Labute approximate surface area is 105 Å². The molecular formula is C14H15NO3. The lowest BCUT2D eigenvalue weighted by atomic mass is 10.0. The molecule has 0 bridgehead atoms. The van der Waals surface area contributed by atoms with E-state index in [1.165, 1.54) is 18.6 Å². The third kappa shape index (κ3) is 2.10. The Hall–Kier alpha value is -1.84. The topological polar surface area (TPSA) is 66.4 Å². The first kappa shape index (κ1) is 11.3. The van der Waals surface area contributed by atoms with Crippen molar-refractivity contribution in [1.29, 1.82) is 0 Å². The number of benzene rings is 1. The Morgan fingerprint density at radius 2 is 1.89 bits per heavy atom. The van der Waals surface area contributed by atoms with Gasteiger partial charge in [0.15, 0.2) is 0 Å². The number of nitrogens with one attached hydrogen (secondary N) is 1. The molecule has 1 aromatic rings. The molecule has 2 saturated carbocycles. The molecule has 4 nitrogen and oxygen atoms in total. The lowest BCUT2D eigenvalue weighted by Crippen LogP contribution is -2.21. The van der Waals surface area contributed by atoms with Crippen LogP contribution in [0.4, 0.5) is 5.69 Å². The second-order valence-electron chi connectivity index (χ2n) is 5.30. The molecule has 0 saturated heterocycles. The summed E-state index contributed by atoms with van der Waals surface area (Å²) < 4.78 is 0. The Morgan fingerprint density at radius 3 is 2.56 bits per heavy atom. The van der Waals surface area contributed by atoms with E-state index in [1.807, 2.05) is 0 Å². The molecule has 2 aliphatic rings. The van der Waals surface area contributed by atoms with Crippen LogP contribution in [0.1, 0.15) is 29.6 Å². The Balaban J connectivity index is 1.66. The van der Waals surface area contributed by atoms with E-state index in [4.69, 9.17) is 5.11 Å². The first-order chi connectivity index (χ1) is 8.63. The predicted octanol–water partition coefficient (Wildman–Crippen LogP) is 2.37. The van der Waals surface area contributed by atoms with Crippen LogP contribution < -0.4 is 5.32 Å². The molecule has 3 rings (SSSR count). The second-order valence-corrected chi connectivity index (χ2v) is 5.30. The SMILES string of the molecule is O=C(O)c1cccc(NC(=O)C2CC3CC3C2)c1. The van der Waals surface area contributed by atoms with Gasteiger partial charge in [0.2, 0.25) is 5.91 Å². The number of fused-ring (bicyclic) bond motifs is 1. The number of anilines is 1. The van der Waals surface area contributed by atoms with E-state index in [1.54, 1.807) is 12.1 Å². The molecular weight excluding hydrogens is 230 g/mol. The maximum absolute atomic E-state index is 12.0. The molecule has 94 valence electrons. The van der Waals surface area contributed by atoms with Crippen molar-refractivity contribution in [2.24, 2.45) is 17.8 Å². The zero-order valence-corrected chi connectivity index (χ0v) is 9.93. The number of aromatic carboxylic acids is 1. The van der Waals surface area contributed by atoms with Crippen LogP contribution in [0.3, 0.4) is 0 Å². The maximum atomic E-state index is 12.0. The van der Waals surface area contributed by atoms with Gasteiger partial charge in [-0.3, -0.25) is 4.79 Å². The van der Waals surface area contributed by atoms with Crippen LogP contribution in [-0.2, 0) is 4.79 Å². The number of carboxylic acids is 1. The summed E-state index contributed by atoms with van der Waals surface area (Å²) in [4.78, 5) is 22.8. The fourth-order valence-corrected chi connectivity index (χ4v) is 2.90. The minimum absolute atomic E-state index is 0.0322. The number of rotatable bonds is 3. The lowest BCUT2D eigenvalue weighted by molar-refractivity contribution is -0.120. The summed E-state index contributed by atoms with van der Waals surface area (Å²) >= 11 is 0. The van der Waals surface area contributed by atoms with Crippen LogP contribution in [0.2, 0.25) is 0 Å². The highest BCUT2D eigenvalue weighted by Gasteiger charge is 2.47. The molecule has 1 amide bonds. The molecule has 0 heterocycles. The van der Waals surface area contributed by atoms with Gasteiger partial charge in [0, 0.05) is 11.6 Å². The minimum atomic E-state index is -0.979. The summed E-state index contributed by atoms with van der Waals surface area (Å²) in [5, 5.41) is 11.7. The van der Waals surface area contributed by atoms with E-state index in [-0.39, 0.29) is 17.4 Å². The summed E-state index contributed by atoms with van der Waals surface area (Å²) in [7, 11) is 0. The molecule has 1 aromatic carbocycles. The summed E-state index contributed by atoms with van der Waals surface area (Å²) in [5.41, 5.74) is 0.766. The second kappa shape index (κ2) is 4.12.